The van der Waals surface area contributed by atoms with Gasteiger partial charge in [-0.25, -0.2) is 9.97 Å². The molecule has 1 unspecified atom stereocenters. The fourth-order valence-corrected chi connectivity index (χ4v) is 2.32. The fourth-order valence-electron chi connectivity index (χ4n) is 2.32. The Morgan fingerprint density at radius 1 is 1.04 bits per heavy atom. The predicted octanol–water partition coefficient (Wildman–Crippen LogP) is 3.58. The molecule has 2 aromatic heterocycles. The molecule has 0 saturated carbocycles. The number of aliphatic hydroxyl groups excluding tert-OH is 1. The number of hydrogen-bond acceptors (Lipinski definition) is 6. The molecule has 3 aromatic rings. The monoisotopic (exact) mass is 376 g/mol. The average molecular weight is 376 g/mol. The number of ether oxygens (including phenoxy) is 1. The van der Waals surface area contributed by atoms with Gasteiger partial charge >= 0.3 is 6.36 Å². The average Bonchev–Trinajstić information content (AvgIpc) is 2.66. The molecule has 140 valence electrons. The number of nitrogens with zero attached hydrogens (tertiary/aromatic N) is 3. The second-order valence-corrected chi connectivity index (χ2v) is 5.51. The Morgan fingerprint density at radius 2 is 1.81 bits per heavy atom. The van der Waals surface area contributed by atoms with Crippen LogP contribution in [0.25, 0.3) is 11.3 Å². The number of benzene rings is 1. The first-order chi connectivity index (χ1) is 12.9. The molecule has 0 aliphatic rings. The van der Waals surface area contributed by atoms with E-state index in [-0.39, 0.29) is 12.3 Å². The van der Waals surface area contributed by atoms with Crippen molar-refractivity contribution in [2.45, 2.75) is 12.5 Å². The van der Waals surface area contributed by atoms with Gasteiger partial charge in [-0.2, -0.15) is 0 Å². The minimum atomic E-state index is -4.73. The zero-order valence-corrected chi connectivity index (χ0v) is 13.9. The molecule has 0 saturated heterocycles. The summed E-state index contributed by atoms with van der Waals surface area (Å²) in [6, 6.07) is 12.2. The summed E-state index contributed by atoms with van der Waals surface area (Å²) in [5.74, 6) is 0.155. The highest BCUT2D eigenvalue weighted by molar-refractivity contribution is 5.62. The zero-order chi connectivity index (χ0) is 19.3. The second-order valence-electron chi connectivity index (χ2n) is 5.51. The van der Waals surface area contributed by atoms with Crippen molar-refractivity contribution >= 4 is 5.82 Å². The van der Waals surface area contributed by atoms with E-state index in [2.05, 4.69) is 25.0 Å². The third-order valence-electron chi connectivity index (χ3n) is 3.56. The predicted molar refractivity (Wildman–Crippen MR) is 91.8 cm³/mol. The van der Waals surface area contributed by atoms with Gasteiger partial charge < -0.3 is 15.2 Å². The third kappa shape index (κ3) is 5.38. The molecule has 0 aliphatic carbocycles. The molecule has 0 amide bonds. The van der Waals surface area contributed by atoms with Gasteiger partial charge in [0.1, 0.15) is 24.0 Å². The topological polar surface area (TPSA) is 80.2 Å². The van der Waals surface area contributed by atoms with Gasteiger partial charge in [-0.15, -0.1) is 13.2 Å². The molecule has 0 radical (unpaired) electrons. The molecule has 2 heterocycles. The van der Waals surface area contributed by atoms with Gasteiger partial charge in [0.2, 0.25) is 0 Å². The van der Waals surface area contributed by atoms with Gasteiger partial charge in [-0.3, -0.25) is 4.98 Å². The lowest BCUT2D eigenvalue weighted by atomic mass is 10.1. The molecule has 9 heteroatoms. The van der Waals surface area contributed by atoms with Crippen molar-refractivity contribution in [1.29, 1.82) is 0 Å². The Kier molecular flexibility index (Phi) is 5.51. The van der Waals surface area contributed by atoms with Crippen molar-refractivity contribution in [3.8, 4) is 17.0 Å². The Labute approximate surface area is 152 Å². The van der Waals surface area contributed by atoms with Crippen molar-refractivity contribution < 1.29 is 23.0 Å². The van der Waals surface area contributed by atoms with Crippen LogP contribution in [0, 0.1) is 0 Å². The number of aliphatic hydroxyl groups is 1. The highest BCUT2D eigenvalue weighted by Gasteiger charge is 2.30. The standard InChI is InChI=1S/C18H15F3N4O2/c19-18(20,21)27-13-6-4-12(5-7-13)15-9-17(25-11-24-15)23-10-16(26)14-3-1-2-8-22-14/h1-9,11,16,26H,10H2,(H,23,24,25). The van der Waals surface area contributed by atoms with E-state index in [1.807, 2.05) is 0 Å². The lowest BCUT2D eigenvalue weighted by Crippen LogP contribution is -2.16. The van der Waals surface area contributed by atoms with Crippen molar-refractivity contribution in [3.63, 3.8) is 0 Å². The maximum Gasteiger partial charge on any atom is 0.573 e. The first kappa shape index (κ1) is 18.6. The molecule has 3 rings (SSSR count). The van der Waals surface area contributed by atoms with Gasteiger partial charge in [-0.05, 0) is 36.4 Å². The van der Waals surface area contributed by atoms with E-state index in [1.54, 1.807) is 30.5 Å². The van der Waals surface area contributed by atoms with Crippen LogP contribution < -0.4 is 10.1 Å². The van der Waals surface area contributed by atoms with Crippen molar-refractivity contribution in [2.24, 2.45) is 0 Å². The van der Waals surface area contributed by atoms with Crippen LogP contribution >= 0.6 is 0 Å². The number of alkyl halides is 3. The van der Waals surface area contributed by atoms with E-state index >= 15 is 0 Å². The fraction of sp³-hybridized carbons (Fsp3) is 0.167. The van der Waals surface area contributed by atoms with Gasteiger partial charge in [0.15, 0.2) is 0 Å². The molecule has 0 aliphatic heterocycles. The summed E-state index contributed by atoms with van der Waals surface area (Å²) in [4.78, 5) is 12.3. The molecule has 2 N–H and O–H groups in total. The van der Waals surface area contributed by atoms with E-state index in [0.29, 0.717) is 22.8 Å². The van der Waals surface area contributed by atoms with Crippen LogP contribution in [-0.2, 0) is 0 Å². The summed E-state index contributed by atoms with van der Waals surface area (Å²) in [5.41, 5.74) is 1.64. The van der Waals surface area contributed by atoms with Gasteiger partial charge in [0.25, 0.3) is 0 Å². The van der Waals surface area contributed by atoms with Crippen molar-refractivity contribution in [2.75, 3.05) is 11.9 Å². The van der Waals surface area contributed by atoms with E-state index in [1.165, 1.54) is 30.6 Å². The maximum absolute atomic E-state index is 12.2. The smallest absolute Gasteiger partial charge is 0.406 e. The lowest BCUT2D eigenvalue weighted by molar-refractivity contribution is -0.274. The number of rotatable bonds is 6. The summed E-state index contributed by atoms with van der Waals surface area (Å²) < 4.78 is 40.5. The third-order valence-corrected chi connectivity index (χ3v) is 3.56. The van der Waals surface area contributed by atoms with E-state index in [4.69, 9.17) is 0 Å². The Morgan fingerprint density at radius 3 is 2.48 bits per heavy atom. The van der Waals surface area contributed by atoms with E-state index in [0.717, 1.165) is 0 Å². The highest BCUT2D eigenvalue weighted by atomic mass is 19.4. The van der Waals surface area contributed by atoms with Crippen LogP contribution in [0.15, 0.2) is 61.1 Å². The van der Waals surface area contributed by atoms with Crippen molar-refractivity contribution in [1.82, 2.24) is 15.0 Å². The molecule has 1 aromatic carbocycles. The van der Waals surface area contributed by atoms with Gasteiger partial charge in [0.05, 0.1) is 11.4 Å². The first-order valence-corrected chi connectivity index (χ1v) is 7.92. The maximum atomic E-state index is 12.2. The van der Waals surface area contributed by atoms with Crippen LogP contribution in [0.1, 0.15) is 11.8 Å². The van der Waals surface area contributed by atoms with E-state index in [9.17, 15) is 18.3 Å². The number of aromatic nitrogens is 3. The molecular weight excluding hydrogens is 361 g/mol. The Hall–Kier alpha value is -3.20. The van der Waals surface area contributed by atoms with Crippen LogP contribution in [0.4, 0.5) is 19.0 Å². The van der Waals surface area contributed by atoms with Gasteiger partial charge in [-0.1, -0.05) is 6.07 Å². The molecule has 27 heavy (non-hydrogen) atoms. The molecular formula is C18H15F3N4O2. The van der Waals surface area contributed by atoms with Crippen molar-refractivity contribution in [3.05, 3.63) is 66.7 Å². The van der Waals surface area contributed by atoms with Crippen LogP contribution in [-0.4, -0.2) is 33.0 Å². The second kappa shape index (κ2) is 8.00. The molecule has 0 fully saturated rings. The quantitative estimate of drug-likeness (QED) is 0.685. The van der Waals surface area contributed by atoms with Crippen LogP contribution in [0.5, 0.6) is 5.75 Å². The number of pyridine rings is 1. The summed E-state index contributed by atoms with van der Waals surface area (Å²) in [5, 5.41) is 13.1. The number of halogens is 3. The number of hydrogen-bond donors (Lipinski definition) is 2. The summed E-state index contributed by atoms with van der Waals surface area (Å²) in [7, 11) is 0. The zero-order valence-electron chi connectivity index (χ0n) is 13.9. The SMILES string of the molecule is OC(CNc1cc(-c2ccc(OC(F)(F)F)cc2)ncn1)c1ccccn1. The van der Waals surface area contributed by atoms with Gasteiger partial charge in [0, 0.05) is 24.4 Å². The first-order valence-electron chi connectivity index (χ1n) is 7.92. The lowest BCUT2D eigenvalue weighted by Gasteiger charge is -2.12. The molecule has 0 bridgehead atoms. The summed E-state index contributed by atoms with van der Waals surface area (Å²) in [6.45, 7) is 0.186. The molecule has 6 nitrogen and oxygen atoms in total. The summed E-state index contributed by atoms with van der Waals surface area (Å²) >= 11 is 0. The van der Waals surface area contributed by atoms with Crippen LogP contribution in [0.3, 0.4) is 0 Å². The minimum Gasteiger partial charge on any atom is -0.406 e. The summed E-state index contributed by atoms with van der Waals surface area (Å²) in [6.07, 6.45) is -2.64. The minimum absolute atomic E-state index is 0.186. The Balaban J connectivity index is 1.66. The highest BCUT2D eigenvalue weighted by Crippen LogP contribution is 2.26. The molecule has 0 spiro atoms. The largest absolute Gasteiger partial charge is 0.573 e. The normalized spacial score (nSPS) is 12.4. The Bertz CT molecular complexity index is 874. The van der Waals surface area contributed by atoms with Crippen LogP contribution in [0.2, 0.25) is 0 Å². The number of anilines is 1. The van der Waals surface area contributed by atoms with E-state index < -0.39 is 12.5 Å². The number of nitrogens with one attached hydrogen (secondary N) is 1. The molecule has 1 atom stereocenters.